The average molecular weight is 109 g/mol. The van der Waals surface area contributed by atoms with E-state index in [0.717, 1.165) is 5.92 Å². The van der Waals surface area contributed by atoms with E-state index in [1.807, 2.05) is 5.92 Å². The second-order valence-corrected chi connectivity index (χ2v) is 3.25. The van der Waals surface area contributed by atoms with Crippen LogP contribution in [0, 0.1) is 11.8 Å². The molecule has 0 aromatic carbocycles. The first-order chi connectivity index (χ1) is 3.95. The highest BCUT2D eigenvalue weighted by Crippen LogP contribution is 2.43. The van der Waals surface area contributed by atoms with Gasteiger partial charge in [0.25, 0.3) is 0 Å². The van der Waals surface area contributed by atoms with Crippen LogP contribution in [0.2, 0.25) is 0 Å². The van der Waals surface area contributed by atoms with Crippen molar-refractivity contribution in [1.29, 1.82) is 0 Å². The molecule has 0 heterocycles. The summed E-state index contributed by atoms with van der Waals surface area (Å²) in [7, 11) is 0. The first-order valence-electron chi connectivity index (χ1n) is 3.79. The van der Waals surface area contributed by atoms with Gasteiger partial charge in [-0.15, -0.1) is 0 Å². The highest BCUT2D eigenvalue weighted by molar-refractivity contribution is 5.06. The summed E-state index contributed by atoms with van der Waals surface area (Å²) in [4.78, 5) is 0. The quantitative estimate of drug-likeness (QED) is 0.511. The van der Waals surface area contributed by atoms with Gasteiger partial charge in [0, 0.05) is 0 Å². The van der Waals surface area contributed by atoms with Crippen molar-refractivity contribution in [3.05, 3.63) is 5.92 Å². The molecule has 2 aliphatic rings. The lowest BCUT2D eigenvalue weighted by Crippen LogP contribution is -2.10. The van der Waals surface area contributed by atoms with Crippen LogP contribution < -0.4 is 0 Å². The Hall–Kier alpha value is 0. The molecule has 0 unspecified atom stereocenters. The Morgan fingerprint density at radius 3 is 2.38 bits per heavy atom. The van der Waals surface area contributed by atoms with Crippen LogP contribution in [0.25, 0.3) is 0 Å². The summed E-state index contributed by atoms with van der Waals surface area (Å²) >= 11 is 0. The van der Waals surface area contributed by atoms with Gasteiger partial charge < -0.3 is 0 Å². The van der Waals surface area contributed by atoms with Crippen LogP contribution in [0.3, 0.4) is 0 Å². The van der Waals surface area contributed by atoms with Gasteiger partial charge in [-0.2, -0.15) is 0 Å². The third-order valence-corrected chi connectivity index (χ3v) is 2.41. The molecule has 0 heteroatoms. The van der Waals surface area contributed by atoms with E-state index in [4.69, 9.17) is 0 Å². The van der Waals surface area contributed by atoms with Crippen molar-refractivity contribution in [2.24, 2.45) is 5.92 Å². The molecule has 1 radical (unpaired) electrons. The van der Waals surface area contributed by atoms with E-state index in [1.54, 1.807) is 0 Å². The molecule has 2 rings (SSSR count). The van der Waals surface area contributed by atoms with E-state index in [-0.39, 0.29) is 0 Å². The van der Waals surface area contributed by atoms with Crippen molar-refractivity contribution in [3.8, 4) is 0 Å². The SMILES string of the molecule is C1CC(C[C]2CC2)C1. The maximum absolute atomic E-state index is 1.86. The minimum Gasteiger partial charge on any atom is -0.0528 e. The van der Waals surface area contributed by atoms with Crippen molar-refractivity contribution in [3.63, 3.8) is 0 Å². The third kappa shape index (κ3) is 0.888. The second-order valence-electron chi connectivity index (χ2n) is 3.25. The number of hydrogen-bond acceptors (Lipinski definition) is 0. The van der Waals surface area contributed by atoms with Crippen molar-refractivity contribution in [1.82, 2.24) is 0 Å². The average Bonchev–Trinajstić information content (AvgIpc) is 2.36. The molecule has 0 amide bonds. The van der Waals surface area contributed by atoms with Gasteiger partial charge in [0.2, 0.25) is 0 Å². The van der Waals surface area contributed by atoms with Crippen LogP contribution in [0.15, 0.2) is 0 Å². The molecule has 0 saturated heterocycles. The maximum Gasteiger partial charge on any atom is -0.0238 e. The molecular formula is C8H13. The molecule has 0 bridgehead atoms. The smallest absolute Gasteiger partial charge is 0.0238 e. The summed E-state index contributed by atoms with van der Waals surface area (Å²) in [6, 6.07) is 0. The molecule has 0 atom stereocenters. The first-order valence-corrected chi connectivity index (χ1v) is 3.79. The maximum atomic E-state index is 1.86. The normalized spacial score (nSPS) is 30.0. The Morgan fingerprint density at radius 1 is 1.25 bits per heavy atom. The van der Waals surface area contributed by atoms with E-state index < -0.39 is 0 Å². The minimum absolute atomic E-state index is 1.13. The topological polar surface area (TPSA) is 0 Å². The predicted molar refractivity (Wildman–Crippen MR) is 34.4 cm³/mol. The van der Waals surface area contributed by atoms with E-state index in [2.05, 4.69) is 0 Å². The Labute approximate surface area is 51.3 Å². The number of hydrogen-bond donors (Lipinski definition) is 0. The molecule has 2 saturated carbocycles. The number of rotatable bonds is 2. The van der Waals surface area contributed by atoms with Crippen LogP contribution in [0.5, 0.6) is 0 Å². The van der Waals surface area contributed by atoms with Crippen LogP contribution in [0.4, 0.5) is 0 Å². The molecule has 0 spiro atoms. The fourth-order valence-corrected chi connectivity index (χ4v) is 1.40. The summed E-state index contributed by atoms with van der Waals surface area (Å²) in [5.74, 6) is 2.99. The lowest BCUT2D eigenvalue weighted by atomic mass is 9.82. The van der Waals surface area contributed by atoms with Gasteiger partial charge in [0.05, 0.1) is 0 Å². The molecule has 0 aromatic rings. The Kier molecular flexibility index (Phi) is 1.06. The highest BCUT2D eigenvalue weighted by Gasteiger charge is 2.28. The lowest BCUT2D eigenvalue weighted by Gasteiger charge is -2.24. The standard InChI is InChI=1S/C8H13/c1-2-7(3-1)6-8-4-5-8/h7H,1-6H2. The van der Waals surface area contributed by atoms with Crippen LogP contribution in [-0.2, 0) is 0 Å². The highest BCUT2D eigenvalue weighted by atomic mass is 14.3. The zero-order valence-corrected chi connectivity index (χ0v) is 5.32. The fraction of sp³-hybridized carbons (Fsp3) is 0.875. The molecular weight excluding hydrogens is 96.1 g/mol. The molecule has 45 valence electrons. The van der Waals surface area contributed by atoms with Gasteiger partial charge in [0.1, 0.15) is 0 Å². The molecule has 0 aliphatic heterocycles. The van der Waals surface area contributed by atoms with E-state index >= 15 is 0 Å². The van der Waals surface area contributed by atoms with Crippen molar-refractivity contribution >= 4 is 0 Å². The monoisotopic (exact) mass is 109 g/mol. The van der Waals surface area contributed by atoms with E-state index in [0.29, 0.717) is 0 Å². The summed E-state index contributed by atoms with van der Waals surface area (Å²) in [5, 5.41) is 0. The summed E-state index contributed by atoms with van der Waals surface area (Å²) in [6.45, 7) is 0. The third-order valence-electron chi connectivity index (χ3n) is 2.41. The van der Waals surface area contributed by atoms with Gasteiger partial charge >= 0.3 is 0 Å². The van der Waals surface area contributed by atoms with Gasteiger partial charge in [-0.25, -0.2) is 0 Å². The van der Waals surface area contributed by atoms with Crippen LogP contribution in [-0.4, -0.2) is 0 Å². The van der Waals surface area contributed by atoms with Gasteiger partial charge in [-0.1, -0.05) is 19.3 Å². The van der Waals surface area contributed by atoms with Gasteiger partial charge in [-0.05, 0) is 31.1 Å². The zero-order valence-electron chi connectivity index (χ0n) is 5.32. The Morgan fingerprint density at radius 2 is 2.00 bits per heavy atom. The van der Waals surface area contributed by atoms with Crippen molar-refractivity contribution in [2.75, 3.05) is 0 Å². The zero-order chi connectivity index (χ0) is 5.40. The summed E-state index contributed by atoms with van der Waals surface area (Å²) in [6.07, 6.45) is 9.01. The largest absolute Gasteiger partial charge is 0.0528 e. The predicted octanol–water partition coefficient (Wildman–Crippen LogP) is 2.54. The Balaban J connectivity index is 1.66. The summed E-state index contributed by atoms with van der Waals surface area (Å²) < 4.78 is 0. The van der Waals surface area contributed by atoms with Crippen molar-refractivity contribution in [2.45, 2.75) is 38.5 Å². The first kappa shape index (κ1) is 4.84. The molecule has 2 aliphatic carbocycles. The molecule has 0 nitrogen and oxygen atoms in total. The second kappa shape index (κ2) is 1.75. The molecule has 2 fully saturated rings. The fourth-order valence-electron chi connectivity index (χ4n) is 1.40. The van der Waals surface area contributed by atoms with Gasteiger partial charge in [0.15, 0.2) is 0 Å². The van der Waals surface area contributed by atoms with Crippen molar-refractivity contribution < 1.29 is 0 Å². The lowest BCUT2D eigenvalue weighted by molar-refractivity contribution is 0.309. The summed E-state index contributed by atoms with van der Waals surface area (Å²) in [5.41, 5.74) is 0. The molecule has 8 heavy (non-hydrogen) atoms. The molecule has 0 N–H and O–H groups in total. The minimum atomic E-state index is 1.13. The Bertz CT molecular complexity index is 78.0. The van der Waals surface area contributed by atoms with Crippen LogP contribution >= 0.6 is 0 Å². The van der Waals surface area contributed by atoms with E-state index in [9.17, 15) is 0 Å². The van der Waals surface area contributed by atoms with Gasteiger partial charge in [-0.3, -0.25) is 0 Å². The van der Waals surface area contributed by atoms with E-state index in [1.165, 1.54) is 38.5 Å². The molecule has 0 aromatic heterocycles. The van der Waals surface area contributed by atoms with Crippen LogP contribution in [0.1, 0.15) is 38.5 Å².